The Balaban J connectivity index is 1.99. The van der Waals surface area contributed by atoms with Crippen LogP contribution < -0.4 is 0 Å². The van der Waals surface area contributed by atoms with E-state index in [2.05, 4.69) is 19.9 Å². The maximum Gasteiger partial charge on any atom is 0.330 e. The van der Waals surface area contributed by atoms with Gasteiger partial charge >= 0.3 is 5.97 Å². The molecule has 3 aliphatic rings. The average molecular weight is 805 g/mol. The number of ketones is 2. The van der Waals surface area contributed by atoms with Gasteiger partial charge in [0.25, 0.3) is 0 Å². The van der Waals surface area contributed by atoms with Crippen LogP contribution in [0.5, 0.6) is 0 Å². The zero-order valence-electron chi connectivity index (χ0n) is 36.5. The first-order chi connectivity index (χ1) is 26.6. The summed E-state index contributed by atoms with van der Waals surface area (Å²) < 4.78 is 20.1. The van der Waals surface area contributed by atoms with E-state index >= 15 is 0 Å². The van der Waals surface area contributed by atoms with Crippen LogP contribution in [0.15, 0.2) is 36.5 Å². The monoisotopic (exact) mass is 805 g/mol. The number of fused-ring (bicyclic) bond motifs is 2. The molecule has 3 unspecified atom stereocenters. The maximum atomic E-state index is 13.6. The maximum absolute atomic E-state index is 13.6. The Morgan fingerprint density at radius 3 is 2.11 bits per heavy atom. The number of rotatable bonds is 4. The minimum absolute atomic E-state index is 0.168. The topological polar surface area (TPSA) is 180 Å². The fraction of sp³-hybridized carbons (Fsp3) is 0.804. The Morgan fingerprint density at radius 2 is 1.47 bits per heavy atom. The first kappa shape index (κ1) is 49.1. The minimum Gasteiger partial charge on any atom is -0.458 e. The van der Waals surface area contributed by atoms with E-state index in [9.17, 15) is 39.9 Å². The molecule has 0 saturated carbocycles. The van der Waals surface area contributed by atoms with Crippen LogP contribution in [0.4, 0.5) is 0 Å². The number of carbonyl (C=O) groups excluding carboxylic acids is 3. The third-order valence-corrected chi connectivity index (χ3v) is 13.8. The number of allylic oxidation sites excluding steroid dienone is 4. The number of aliphatic hydroxyl groups excluding tert-OH is 4. The summed E-state index contributed by atoms with van der Waals surface area (Å²) in [7, 11) is 0. The Bertz CT molecular complexity index is 1410. The lowest BCUT2D eigenvalue weighted by Crippen LogP contribution is -2.62. The molecule has 1 spiro atoms. The summed E-state index contributed by atoms with van der Waals surface area (Å²) in [5.74, 6) is -7.28. The number of hydrogen-bond acceptors (Lipinski definition) is 11. The van der Waals surface area contributed by atoms with Gasteiger partial charge in [-0.05, 0) is 69.6 Å². The van der Waals surface area contributed by atoms with E-state index in [1.807, 2.05) is 39.0 Å². The second-order valence-corrected chi connectivity index (χ2v) is 18.2. The number of ether oxygens (including phenoxy) is 3. The number of Topliss-reactive ketones (excluding diaryl/α,β-unsaturated/α-hetero) is 2. The zero-order chi connectivity index (χ0) is 43.0. The number of esters is 1. The van der Waals surface area contributed by atoms with E-state index in [1.165, 1.54) is 39.8 Å². The van der Waals surface area contributed by atoms with Crippen molar-refractivity contribution in [3.05, 3.63) is 36.5 Å². The van der Waals surface area contributed by atoms with Crippen LogP contribution in [-0.2, 0) is 28.6 Å². The van der Waals surface area contributed by atoms with E-state index < -0.39 is 89.0 Å². The van der Waals surface area contributed by atoms with Crippen molar-refractivity contribution < 1.29 is 54.1 Å². The summed E-state index contributed by atoms with van der Waals surface area (Å²) in [6, 6.07) is 0. The average Bonchev–Trinajstić information content (AvgIpc) is 3.19. The molecule has 0 aliphatic carbocycles. The molecule has 18 atom stereocenters. The molecular formula is C46H76O11. The molecule has 2 bridgehead atoms. The van der Waals surface area contributed by atoms with Crippen molar-refractivity contribution in [3.8, 4) is 0 Å². The van der Waals surface area contributed by atoms with Crippen LogP contribution in [-0.4, -0.2) is 97.2 Å². The highest BCUT2D eigenvalue weighted by Gasteiger charge is 2.56. The van der Waals surface area contributed by atoms with E-state index in [4.69, 9.17) is 14.2 Å². The van der Waals surface area contributed by atoms with Crippen molar-refractivity contribution >= 4 is 17.5 Å². The van der Waals surface area contributed by atoms with Crippen LogP contribution in [0.1, 0.15) is 128 Å². The Hall–Kier alpha value is -2.25. The lowest BCUT2D eigenvalue weighted by molar-refractivity contribution is -0.371. The first-order valence-electron chi connectivity index (χ1n) is 21.7. The van der Waals surface area contributed by atoms with Gasteiger partial charge in [-0.25, -0.2) is 4.79 Å². The highest BCUT2D eigenvalue weighted by atomic mass is 16.7. The molecule has 11 heteroatoms. The fourth-order valence-corrected chi connectivity index (χ4v) is 9.11. The van der Waals surface area contributed by atoms with E-state index in [1.54, 1.807) is 13.8 Å². The normalized spacial score (nSPS) is 46.2. The SMILES string of the molecule is CCC1/C=C/C=C/C[C@H](C)C(O)[C@](C)(O)C(=O)[C@H](C)[C@@H](O)[C@H](C)C(=O)[C@H](C)[C@@H](O)[C@H](C)/C=C/C(=O)O[C@H]2[C@@H](C)[C@@H](CC1)O[C@@]1(CC[C@@H](C)C(C[C@@H](O)CC)O1)[C@@H]2C. The smallest absolute Gasteiger partial charge is 0.330 e. The second kappa shape index (κ2) is 21.3. The van der Waals surface area contributed by atoms with Crippen molar-refractivity contribution in [1.29, 1.82) is 0 Å². The quantitative estimate of drug-likeness (QED) is 0.202. The number of hydrogen-bond donors (Lipinski definition) is 5. The third-order valence-electron chi connectivity index (χ3n) is 13.8. The lowest BCUT2D eigenvalue weighted by Gasteiger charge is -2.55. The van der Waals surface area contributed by atoms with Crippen LogP contribution in [0.2, 0.25) is 0 Å². The van der Waals surface area contributed by atoms with Crippen molar-refractivity contribution in [2.24, 2.45) is 53.3 Å². The summed E-state index contributed by atoms with van der Waals surface area (Å²) in [6.45, 7) is 19.4. The van der Waals surface area contributed by atoms with Crippen LogP contribution in [0, 0.1) is 53.3 Å². The van der Waals surface area contributed by atoms with Gasteiger partial charge in [0.05, 0.1) is 36.6 Å². The molecule has 326 valence electrons. The zero-order valence-corrected chi connectivity index (χ0v) is 36.5. The molecule has 57 heavy (non-hydrogen) atoms. The van der Waals surface area contributed by atoms with Gasteiger partial charge in [0.1, 0.15) is 17.5 Å². The predicted molar refractivity (Wildman–Crippen MR) is 220 cm³/mol. The molecule has 2 fully saturated rings. The number of aliphatic hydroxyl groups is 5. The molecule has 11 nitrogen and oxygen atoms in total. The van der Waals surface area contributed by atoms with Gasteiger partial charge in [-0.2, -0.15) is 0 Å². The van der Waals surface area contributed by atoms with Crippen molar-refractivity contribution in [3.63, 3.8) is 0 Å². The van der Waals surface area contributed by atoms with Gasteiger partial charge < -0.3 is 39.7 Å². The summed E-state index contributed by atoms with van der Waals surface area (Å²) in [4.78, 5) is 40.6. The van der Waals surface area contributed by atoms with Crippen molar-refractivity contribution in [2.45, 2.75) is 182 Å². The van der Waals surface area contributed by atoms with E-state index in [0.717, 1.165) is 19.3 Å². The van der Waals surface area contributed by atoms with Crippen LogP contribution in [0.25, 0.3) is 0 Å². The van der Waals surface area contributed by atoms with E-state index in [-0.39, 0.29) is 35.9 Å². The molecule has 0 aromatic heterocycles. The van der Waals surface area contributed by atoms with Crippen LogP contribution in [0.3, 0.4) is 0 Å². The molecule has 0 aromatic rings. The molecule has 0 amide bonds. The van der Waals surface area contributed by atoms with Gasteiger partial charge in [0, 0.05) is 48.0 Å². The predicted octanol–water partition coefficient (Wildman–Crippen LogP) is 6.27. The Morgan fingerprint density at radius 1 is 0.825 bits per heavy atom. The van der Waals surface area contributed by atoms with E-state index in [0.29, 0.717) is 32.1 Å². The molecular weight excluding hydrogens is 728 g/mol. The van der Waals surface area contributed by atoms with Crippen LogP contribution >= 0.6 is 0 Å². The molecule has 3 heterocycles. The van der Waals surface area contributed by atoms with Crippen molar-refractivity contribution in [2.75, 3.05) is 0 Å². The molecule has 5 N–H and O–H groups in total. The molecule has 3 rings (SSSR count). The third kappa shape index (κ3) is 12.0. The van der Waals surface area contributed by atoms with Crippen molar-refractivity contribution in [1.82, 2.24) is 0 Å². The first-order valence-corrected chi connectivity index (χ1v) is 21.7. The molecule has 3 aliphatic heterocycles. The standard InChI is InChI=1S/C46H76O11/c1-12-34-18-16-14-15-17-28(5)43(52)45(11,54)44(53)32(9)41(51)31(8)40(50)30(7)39(49)27(4)19-22-38(48)55-42-29(6)36(21-20-34)56-46(33(42)10)24-23-26(3)37(57-46)25-35(47)13-2/h14-16,18-19,22,26-37,39,41-43,47,49,51-52,54H,12-13,17,20-21,23-25H2,1-11H3/b15-14+,18-16+,22-19+/t26-,27-,28+,29+,30-,31-,32-,33-,34?,35+,36-,37?,39+,41+,42+,43?,45+,46-/m1/s1. The minimum atomic E-state index is -2.18. The molecule has 0 aromatic carbocycles. The van der Waals surface area contributed by atoms with Gasteiger partial charge in [-0.1, -0.05) is 99.6 Å². The van der Waals surface area contributed by atoms with Gasteiger partial charge in [0.2, 0.25) is 0 Å². The largest absolute Gasteiger partial charge is 0.458 e. The van der Waals surface area contributed by atoms with Gasteiger partial charge in [-0.15, -0.1) is 0 Å². The fourth-order valence-electron chi connectivity index (χ4n) is 9.11. The summed E-state index contributed by atoms with van der Waals surface area (Å²) in [5.41, 5.74) is -2.18. The number of carbonyl (C=O) groups is 3. The van der Waals surface area contributed by atoms with Gasteiger partial charge in [-0.3, -0.25) is 9.59 Å². The highest BCUT2D eigenvalue weighted by Crippen LogP contribution is 2.49. The van der Waals surface area contributed by atoms with Gasteiger partial charge in [0.15, 0.2) is 11.6 Å². The summed E-state index contributed by atoms with van der Waals surface area (Å²) >= 11 is 0. The highest BCUT2D eigenvalue weighted by molar-refractivity contribution is 5.91. The lowest BCUT2D eigenvalue weighted by atomic mass is 9.74. The molecule has 0 radical (unpaired) electrons. The summed E-state index contributed by atoms with van der Waals surface area (Å²) in [5, 5.41) is 55.4. The molecule has 2 saturated heterocycles. The summed E-state index contributed by atoms with van der Waals surface area (Å²) in [6.07, 6.45) is 10.3. The Labute approximate surface area is 342 Å². The second-order valence-electron chi connectivity index (χ2n) is 18.2. The Kier molecular flexibility index (Phi) is 18.4.